The first kappa shape index (κ1) is 15.6. The predicted octanol–water partition coefficient (Wildman–Crippen LogP) is 1.65. The summed E-state index contributed by atoms with van der Waals surface area (Å²) in [5.74, 6) is -0.916. The van der Waals surface area contributed by atoms with Crippen LogP contribution in [0.25, 0.3) is 10.9 Å². The van der Waals surface area contributed by atoms with Gasteiger partial charge in [-0.25, -0.2) is 0 Å². The van der Waals surface area contributed by atoms with Crippen LogP contribution in [0.1, 0.15) is 12.0 Å². The Balaban J connectivity index is 1.72. The minimum Gasteiger partial charge on any atom is -0.481 e. The van der Waals surface area contributed by atoms with Crippen LogP contribution in [0.4, 0.5) is 0 Å². The zero-order chi connectivity index (χ0) is 16.4. The van der Waals surface area contributed by atoms with Crippen molar-refractivity contribution in [1.82, 2.24) is 9.47 Å². The second kappa shape index (κ2) is 6.42. The van der Waals surface area contributed by atoms with Gasteiger partial charge in [0.15, 0.2) is 0 Å². The SMILES string of the molecule is Cc1cn(CC(=O)N2CCOC(CC(=O)O)C2)c2ccccc12. The van der Waals surface area contributed by atoms with Crippen LogP contribution >= 0.6 is 0 Å². The highest BCUT2D eigenvalue weighted by atomic mass is 16.5. The number of ether oxygens (including phenoxy) is 1. The number of nitrogens with zero attached hydrogens (tertiary/aromatic N) is 2. The van der Waals surface area contributed by atoms with Crippen LogP contribution in [-0.4, -0.2) is 52.3 Å². The van der Waals surface area contributed by atoms with E-state index in [2.05, 4.69) is 0 Å². The third-order valence-electron chi connectivity index (χ3n) is 4.19. The summed E-state index contributed by atoms with van der Waals surface area (Å²) in [7, 11) is 0. The van der Waals surface area contributed by atoms with Gasteiger partial charge >= 0.3 is 5.97 Å². The maximum absolute atomic E-state index is 12.6. The zero-order valence-electron chi connectivity index (χ0n) is 13.1. The van der Waals surface area contributed by atoms with Crippen molar-refractivity contribution in [2.45, 2.75) is 26.0 Å². The topological polar surface area (TPSA) is 71.8 Å². The van der Waals surface area contributed by atoms with E-state index in [1.807, 2.05) is 42.0 Å². The number of carboxylic acid groups (broad SMARTS) is 1. The number of morpholine rings is 1. The Morgan fingerprint density at radius 3 is 2.91 bits per heavy atom. The third-order valence-corrected chi connectivity index (χ3v) is 4.19. The van der Waals surface area contributed by atoms with Gasteiger partial charge in [-0.05, 0) is 18.6 Å². The van der Waals surface area contributed by atoms with Crippen molar-refractivity contribution in [1.29, 1.82) is 0 Å². The second-order valence-corrected chi connectivity index (χ2v) is 5.89. The van der Waals surface area contributed by atoms with Gasteiger partial charge in [0.05, 0.1) is 19.1 Å². The van der Waals surface area contributed by atoms with E-state index in [0.717, 1.165) is 16.5 Å². The molecule has 2 heterocycles. The van der Waals surface area contributed by atoms with E-state index in [1.165, 1.54) is 0 Å². The lowest BCUT2D eigenvalue weighted by Crippen LogP contribution is -2.47. The van der Waals surface area contributed by atoms with Crippen molar-refractivity contribution in [3.8, 4) is 0 Å². The molecule has 0 bridgehead atoms. The number of para-hydroxylation sites is 1. The van der Waals surface area contributed by atoms with Gasteiger partial charge in [-0.15, -0.1) is 0 Å². The number of hydrogen-bond acceptors (Lipinski definition) is 3. The fourth-order valence-electron chi connectivity index (χ4n) is 3.07. The summed E-state index contributed by atoms with van der Waals surface area (Å²) < 4.78 is 7.37. The Labute approximate surface area is 134 Å². The smallest absolute Gasteiger partial charge is 0.306 e. The number of fused-ring (bicyclic) bond motifs is 1. The summed E-state index contributed by atoms with van der Waals surface area (Å²) in [4.78, 5) is 25.0. The summed E-state index contributed by atoms with van der Waals surface area (Å²) in [5.41, 5.74) is 2.17. The molecule has 1 saturated heterocycles. The Bertz CT molecular complexity index is 737. The number of amides is 1. The normalized spacial score (nSPS) is 18.3. The van der Waals surface area contributed by atoms with E-state index >= 15 is 0 Å². The van der Waals surface area contributed by atoms with Crippen molar-refractivity contribution in [3.05, 3.63) is 36.0 Å². The molecule has 1 N–H and O–H groups in total. The molecule has 1 aromatic carbocycles. The van der Waals surface area contributed by atoms with E-state index in [9.17, 15) is 9.59 Å². The highest BCUT2D eigenvalue weighted by Crippen LogP contribution is 2.20. The molecule has 1 fully saturated rings. The highest BCUT2D eigenvalue weighted by Gasteiger charge is 2.26. The molecule has 1 amide bonds. The predicted molar refractivity (Wildman–Crippen MR) is 85.2 cm³/mol. The van der Waals surface area contributed by atoms with Crippen LogP contribution in [-0.2, 0) is 20.9 Å². The van der Waals surface area contributed by atoms with Gasteiger partial charge in [-0.2, -0.15) is 0 Å². The first-order valence-corrected chi connectivity index (χ1v) is 7.70. The summed E-state index contributed by atoms with van der Waals surface area (Å²) in [6, 6.07) is 7.99. The molecule has 0 radical (unpaired) electrons. The fourth-order valence-corrected chi connectivity index (χ4v) is 3.07. The number of hydrogen-bond donors (Lipinski definition) is 1. The molecule has 6 heteroatoms. The largest absolute Gasteiger partial charge is 0.481 e. The lowest BCUT2D eigenvalue weighted by atomic mass is 10.2. The number of carboxylic acids is 1. The lowest BCUT2D eigenvalue weighted by Gasteiger charge is -2.32. The van der Waals surface area contributed by atoms with E-state index in [1.54, 1.807) is 4.90 Å². The summed E-state index contributed by atoms with van der Waals surface area (Å²) in [6.07, 6.45) is 1.49. The summed E-state index contributed by atoms with van der Waals surface area (Å²) in [5, 5.41) is 10.0. The third kappa shape index (κ3) is 3.37. The molecule has 6 nitrogen and oxygen atoms in total. The molecule has 3 rings (SSSR count). The Hall–Kier alpha value is -2.34. The lowest BCUT2D eigenvalue weighted by molar-refractivity contribution is -0.147. The highest BCUT2D eigenvalue weighted by molar-refractivity contribution is 5.86. The first-order chi connectivity index (χ1) is 11.0. The van der Waals surface area contributed by atoms with E-state index in [0.29, 0.717) is 19.7 Å². The van der Waals surface area contributed by atoms with Crippen LogP contribution in [0.3, 0.4) is 0 Å². The minimum atomic E-state index is -0.906. The zero-order valence-corrected chi connectivity index (χ0v) is 13.1. The molecule has 0 saturated carbocycles. The van der Waals surface area contributed by atoms with Gasteiger partial charge in [0.1, 0.15) is 6.54 Å². The number of aromatic nitrogens is 1. The van der Waals surface area contributed by atoms with Crippen molar-refractivity contribution in [2.24, 2.45) is 0 Å². The molecule has 0 aliphatic carbocycles. The quantitative estimate of drug-likeness (QED) is 0.931. The first-order valence-electron chi connectivity index (χ1n) is 7.70. The molecule has 1 unspecified atom stereocenters. The number of rotatable bonds is 4. The molecule has 122 valence electrons. The summed E-state index contributed by atoms with van der Waals surface area (Å²) >= 11 is 0. The maximum atomic E-state index is 12.6. The number of carbonyl (C=O) groups is 2. The van der Waals surface area contributed by atoms with Crippen molar-refractivity contribution < 1.29 is 19.4 Å². The molecule has 2 aromatic rings. The van der Waals surface area contributed by atoms with E-state index in [4.69, 9.17) is 9.84 Å². The van der Waals surface area contributed by atoms with Crippen LogP contribution < -0.4 is 0 Å². The average Bonchev–Trinajstić information content (AvgIpc) is 2.84. The molecule has 0 spiro atoms. The van der Waals surface area contributed by atoms with E-state index < -0.39 is 12.1 Å². The van der Waals surface area contributed by atoms with Crippen molar-refractivity contribution in [3.63, 3.8) is 0 Å². The number of benzene rings is 1. The van der Waals surface area contributed by atoms with Gasteiger partial charge in [0, 0.05) is 30.2 Å². The van der Waals surface area contributed by atoms with Crippen LogP contribution in [0.2, 0.25) is 0 Å². The van der Waals surface area contributed by atoms with Gasteiger partial charge < -0.3 is 19.3 Å². The Morgan fingerprint density at radius 2 is 2.13 bits per heavy atom. The maximum Gasteiger partial charge on any atom is 0.306 e. The molecule has 23 heavy (non-hydrogen) atoms. The molecule has 1 atom stereocenters. The van der Waals surface area contributed by atoms with Gasteiger partial charge in [0.25, 0.3) is 0 Å². The van der Waals surface area contributed by atoms with Crippen molar-refractivity contribution in [2.75, 3.05) is 19.7 Å². The van der Waals surface area contributed by atoms with Crippen LogP contribution in [0.15, 0.2) is 30.5 Å². The molecule has 1 aliphatic rings. The Kier molecular flexibility index (Phi) is 4.34. The molecule has 1 aliphatic heterocycles. The van der Waals surface area contributed by atoms with E-state index in [-0.39, 0.29) is 18.9 Å². The van der Waals surface area contributed by atoms with Gasteiger partial charge in [0.2, 0.25) is 5.91 Å². The fraction of sp³-hybridized carbons (Fsp3) is 0.412. The number of carbonyl (C=O) groups excluding carboxylic acids is 1. The second-order valence-electron chi connectivity index (χ2n) is 5.89. The summed E-state index contributed by atoms with van der Waals surface area (Å²) in [6.45, 7) is 3.51. The van der Waals surface area contributed by atoms with Gasteiger partial charge in [-0.1, -0.05) is 18.2 Å². The molecular formula is C17H20N2O4. The van der Waals surface area contributed by atoms with Crippen LogP contribution in [0, 0.1) is 6.92 Å². The molecule has 1 aromatic heterocycles. The van der Waals surface area contributed by atoms with Crippen LogP contribution in [0.5, 0.6) is 0 Å². The Morgan fingerprint density at radius 1 is 1.35 bits per heavy atom. The number of aryl methyl sites for hydroxylation is 1. The molecular weight excluding hydrogens is 296 g/mol. The average molecular weight is 316 g/mol. The number of aliphatic carboxylic acids is 1. The standard InChI is InChI=1S/C17H20N2O4/c1-12-9-19(15-5-3-2-4-14(12)15)11-16(20)18-6-7-23-13(10-18)8-17(21)22/h2-5,9,13H,6-8,10-11H2,1H3,(H,21,22). The van der Waals surface area contributed by atoms with Gasteiger partial charge in [-0.3, -0.25) is 9.59 Å². The minimum absolute atomic E-state index is 0.00978. The van der Waals surface area contributed by atoms with Crippen molar-refractivity contribution >= 4 is 22.8 Å². The monoisotopic (exact) mass is 316 g/mol.